The summed E-state index contributed by atoms with van der Waals surface area (Å²) >= 11 is 1.15. The minimum atomic E-state index is -0.290. The lowest BCUT2D eigenvalue weighted by Crippen LogP contribution is -2.15. The van der Waals surface area contributed by atoms with Gasteiger partial charge < -0.3 is 19.8 Å². The van der Waals surface area contributed by atoms with Crippen LogP contribution >= 0.6 is 11.8 Å². The smallest absolute Gasteiger partial charge is 0.256 e. The van der Waals surface area contributed by atoms with Gasteiger partial charge in [-0.05, 0) is 50.2 Å². The Balaban J connectivity index is 1.52. The molecule has 4 aromatic rings. The second kappa shape index (κ2) is 9.74. The van der Waals surface area contributed by atoms with Crippen LogP contribution in [0.15, 0.2) is 64.2 Å². The minimum Gasteiger partial charge on any atom is -0.497 e. The summed E-state index contributed by atoms with van der Waals surface area (Å²) < 4.78 is 10.9. The first-order valence-corrected chi connectivity index (χ1v) is 11.1. The van der Waals surface area contributed by atoms with E-state index in [1.54, 1.807) is 55.6 Å². The number of carbonyl (C=O) groups excluding carboxylic acids is 2. The zero-order valence-corrected chi connectivity index (χ0v) is 19.2. The fourth-order valence-corrected chi connectivity index (χ4v) is 3.79. The molecular weight excluding hydrogens is 440 g/mol. The zero-order valence-electron chi connectivity index (χ0n) is 18.3. The number of hydrogen-bond acceptors (Lipinski definition) is 7. The summed E-state index contributed by atoms with van der Waals surface area (Å²) in [5.41, 5.74) is 2.38. The van der Waals surface area contributed by atoms with Crippen molar-refractivity contribution in [2.75, 3.05) is 23.5 Å². The van der Waals surface area contributed by atoms with Gasteiger partial charge in [0.2, 0.25) is 11.6 Å². The van der Waals surface area contributed by atoms with Crippen molar-refractivity contribution in [3.8, 4) is 5.75 Å². The van der Waals surface area contributed by atoms with E-state index in [1.807, 2.05) is 19.9 Å². The number of thioether (sulfide) groups is 1. The molecule has 8 nitrogen and oxygen atoms in total. The van der Waals surface area contributed by atoms with Crippen molar-refractivity contribution in [2.24, 2.45) is 0 Å². The molecule has 2 N–H and O–H groups in total. The maximum Gasteiger partial charge on any atom is 0.256 e. The number of nitrogens with one attached hydrogen (secondary N) is 2. The van der Waals surface area contributed by atoms with Gasteiger partial charge in [0, 0.05) is 16.8 Å². The molecule has 0 atom stereocenters. The van der Waals surface area contributed by atoms with Gasteiger partial charge >= 0.3 is 0 Å². The normalized spacial score (nSPS) is 10.8. The number of aromatic nitrogens is 2. The van der Waals surface area contributed by atoms with Gasteiger partial charge in [-0.2, -0.15) is 4.98 Å². The molecule has 0 aliphatic heterocycles. The third-order valence-corrected chi connectivity index (χ3v) is 5.83. The lowest BCUT2D eigenvalue weighted by atomic mass is 10.2. The third kappa shape index (κ3) is 5.15. The van der Waals surface area contributed by atoms with Crippen molar-refractivity contribution in [1.29, 1.82) is 0 Å². The number of amides is 2. The third-order valence-electron chi connectivity index (χ3n) is 4.98. The maximum atomic E-state index is 12.7. The number of fused-ring (bicyclic) bond motifs is 1. The fraction of sp³-hybridized carbons (Fsp3) is 0.167. The fourth-order valence-electron chi connectivity index (χ4n) is 3.16. The molecule has 33 heavy (non-hydrogen) atoms. The number of nitrogens with zero attached hydrogens (tertiary/aromatic N) is 2. The molecule has 0 bridgehead atoms. The number of aryl methyl sites for hydroxylation is 2. The summed E-state index contributed by atoms with van der Waals surface area (Å²) in [5.74, 6) is 1.33. The molecule has 0 aliphatic carbocycles. The Morgan fingerprint density at radius 2 is 1.73 bits per heavy atom. The van der Waals surface area contributed by atoms with Crippen molar-refractivity contribution in [3.05, 3.63) is 71.5 Å². The molecule has 2 heterocycles. The van der Waals surface area contributed by atoms with Crippen LogP contribution in [0.25, 0.3) is 11.1 Å². The summed E-state index contributed by atoms with van der Waals surface area (Å²) in [6.45, 7) is 3.72. The molecule has 0 aliphatic rings. The van der Waals surface area contributed by atoms with Crippen LogP contribution in [0.2, 0.25) is 0 Å². The molecule has 168 valence electrons. The van der Waals surface area contributed by atoms with Crippen molar-refractivity contribution in [1.82, 2.24) is 9.97 Å². The number of benzene rings is 2. The molecule has 4 rings (SSSR count). The average molecular weight is 463 g/mol. The highest BCUT2D eigenvalue weighted by Crippen LogP contribution is 2.31. The van der Waals surface area contributed by atoms with Crippen LogP contribution in [0, 0.1) is 13.8 Å². The van der Waals surface area contributed by atoms with Crippen molar-refractivity contribution in [3.63, 3.8) is 0 Å². The number of ether oxygens (including phenoxy) is 1. The second-order valence-corrected chi connectivity index (χ2v) is 8.15. The van der Waals surface area contributed by atoms with E-state index in [-0.39, 0.29) is 17.6 Å². The molecule has 2 amide bonds. The van der Waals surface area contributed by atoms with Gasteiger partial charge in [-0.1, -0.05) is 30.0 Å². The van der Waals surface area contributed by atoms with Crippen LogP contribution in [0.4, 0.5) is 11.5 Å². The predicted molar refractivity (Wildman–Crippen MR) is 128 cm³/mol. The summed E-state index contributed by atoms with van der Waals surface area (Å²) in [4.78, 5) is 34.1. The van der Waals surface area contributed by atoms with Crippen LogP contribution in [-0.2, 0) is 4.79 Å². The molecule has 0 radical (unpaired) electrons. The maximum absolute atomic E-state index is 12.7. The Kier molecular flexibility index (Phi) is 6.60. The quantitative estimate of drug-likeness (QED) is 0.299. The van der Waals surface area contributed by atoms with E-state index in [9.17, 15) is 9.59 Å². The van der Waals surface area contributed by atoms with Gasteiger partial charge in [0.1, 0.15) is 17.3 Å². The van der Waals surface area contributed by atoms with Crippen molar-refractivity contribution in [2.45, 2.75) is 19.0 Å². The molecule has 9 heteroatoms. The van der Waals surface area contributed by atoms with Gasteiger partial charge in [-0.3, -0.25) is 9.59 Å². The topological polar surface area (TPSA) is 106 Å². The Morgan fingerprint density at radius 1 is 1.00 bits per heavy atom. The van der Waals surface area contributed by atoms with Gasteiger partial charge in [-0.25, -0.2) is 4.98 Å². The summed E-state index contributed by atoms with van der Waals surface area (Å²) in [6, 6.07) is 15.9. The van der Waals surface area contributed by atoms with Gasteiger partial charge in [0.25, 0.3) is 5.91 Å². The standard InChI is InChI=1S/C24H22N4O4S/c1-14-15(2)32-23-20(14)21(26-22(30)16-7-5-4-6-8-16)27-24(28-23)33-13-19(29)25-17-9-11-18(31-3)12-10-17/h4-12H,13H2,1-3H3,(H,25,29)(H,26,27,28,30). The monoisotopic (exact) mass is 462 g/mol. The molecule has 2 aromatic carbocycles. The molecule has 0 unspecified atom stereocenters. The Hall–Kier alpha value is -3.85. The predicted octanol–water partition coefficient (Wildman–Crippen LogP) is 4.83. The van der Waals surface area contributed by atoms with E-state index >= 15 is 0 Å². The number of carbonyl (C=O) groups is 2. The van der Waals surface area contributed by atoms with E-state index < -0.39 is 0 Å². The average Bonchev–Trinajstić information content (AvgIpc) is 3.12. The Bertz CT molecular complexity index is 1300. The molecule has 2 aromatic heterocycles. The SMILES string of the molecule is COc1ccc(NC(=O)CSc2nc(NC(=O)c3ccccc3)c3c(C)c(C)oc3n2)cc1. The number of anilines is 2. The molecule has 0 spiro atoms. The van der Waals surface area contributed by atoms with E-state index in [2.05, 4.69) is 20.6 Å². The highest BCUT2D eigenvalue weighted by Gasteiger charge is 2.19. The van der Waals surface area contributed by atoms with E-state index in [0.717, 1.165) is 17.3 Å². The van der Waals surface area contributed by atoms with Gasteiger partial charge in [-0.15, -0.1) is 0 Å². The number of rotatable bonds is 7. The van der Waals surface area contributed by atoms with Gasteiger partial charge in [0.05, 0.1) is 18.2 Å². The number of hydrogen-bond donors (Lipinski definition) is 2. The van der Waals surface area contributed by atoms with E-state index in [1.165, 1.54) is 0 Å². The highest BCUT2D eigenvalue weighted by atomic mass is 32.2. The van der Waals surface area contributed by atoms with Crippen LogP contribution in [0.1, 0.15) is 21.7 Å². The summed E-state index contributed by atoms with van der Waals surface area (Å²) in [7, 11) is 1.58. The number of furan rings is 1. The minimum absolute atomic E-state index is 0.0856. The van der Waals surface area contributed by atoms with Crippen LogP contribution in [-0.4, -0.2) is 34.6 Å². The molecule has 0 fully saturated rings. The van der Waals surface area contributed by atoms with E-state index in [0.29, 0.717) is 44.8 Å². The first kappa shape index (κ1) is 22.3. The second-order valence-electron chi connectivity index (χ2n) is 7.20. The lowest BCUT2D eigenvalue weighted by Gasteiger charge is -2.09. The van der Waals surface area contributed by atoms with Crippen molar-refractivity contribution < 1.29 is 18.7 Å². The van der Waals surface area contributed by atoms with Crippen LogP contribution in [0.5, 0.6) is 5.75 Å². The Morgan fingerprint density at radius 3 is 2.42 bits per heavy atom. The first-order valence-electron chi connectivity index (χ1n) is 10.2. The van der Waals surface area contributed by atoms with Crippen LogP contribution < -0.4 is 15.4 Å². The molecule has 0 saturated heterocycles. The van der Waals surface area contributed by atoms with Crippen LogP contribution in [0.3, 0.4) is 0 Å². The largest absolute Gasteiger partial charge is 0.497 e. The number of methoxy groups -OCH3 is 1. The zero-order chi connectivity index (χ0) is 23.4. The highest BCUT2D eigenvalue weighted by molar-refractivity contribution is 7.99. The molecule has 0 saturated carbocycles. The summed E-state index contributed by atoms with van der Waals surface area (Å²) in [5, 5.41) is 6.64. The van der Waals surface area contributed by atoms with Gasteiger partial charge in [0.15, 0.2) is 5.16 Å². The molecular formula is C24H22N4O4S. The Labute approximate surface area is 194 Å². The first-order chi connectivity index (χ1) is 15.9. The van der Waals surface area contributed by atoms with Crippen molar-refractivity contribution >= 4 is 46.2 Å². The lowest BCUT2D eigenvalue weighted by molar-refractivity contribution is -0.113. The summed E-state index contributed by atoms with van der Waals surface area (Å²) in [6.07, 6.45) is 0. The van der Waals surface area contributed by atoms with E-state index in [4.69, 9.17) is 9.15 Å².